The van der Waals surface area contributed by atoms with Gasteiger partial charge < -0.3 is 10.1 Å². The van der Waals surface area contributed by atoms with Crippen molar-refractivity contribution in [2.24, 2.45) is 0 Å². The third kappa shape index (κ3) is 4.78. The number of hydrogen-bond donors (Lipinski definition) is 1. The molecule has 0 saturated carbocycles. The Balaban J connectivity index is 2.19. The highest BCUT2D eigenvalue weighted by Gasteiger charge is 2.01. The van der Waals surface area contributed by atoms with Gasteiger partial charge in [-0.15, -0.1) is 11.3 Å². The second kappa shape index (κ2) is 6.99. The van der Waals surface area contributed by atoms with Gasteiger partial charge in [-0.2, -0.15) is 0 Å². The summed E-state index contributed by atoms with van der Waals surface area (Å²) < 4.78 is 5.45. The van der Waals surface area contributed by atoms with E-state index in [1.54, 1.807) is 0 Å². The van der Waals surface area contributed by atoms with Gasteiger partial charge >= 0.3 is 0 Å². The lowest BCUT2D eigenvalue weighted by Crippen LogP contribution is -2.26. The first-order valence-electron chi connectivity index (χ1n) is 5.66. The summed E-state index contributed by atoms with van der Waals surface area (Å²) in [6.45, 7) is 9.00. The third-order valence-electron chi connectivity index (χ3n) is 2.25. The Morgan fingerprint density at radius 1 is 1.33 bits per heavy atom. The maximum absolute atomic E-state index is 5.45. The van der Waals surface area contributed by atoms with Crippen LogP contribution in [-0.2, 0) is 17.7 Å². The van der Waals surface area contributed by atoms with Gasteiger partial charge in [-0.05, 0) is 32.4 Å². The van der Waals surface area contributed by atoms with Crippen LogP contribution < -0.4 is 5.32 Å². The van der Waals surface area contributed by atoms with Crippen LogP contribution in [0.5, 0.6) is 0 Å². The Labute approximate surface area is 96.7 Å². The fourth-order valence-electron chi connectivity index (χ4n) is 1.45. The largest absolute Gasteiger partial charge is 0.377 e. The molecule has 0 aliphatic rings. The van der Waals surface area contributed by atoms with Crippen LogP contribution in [0.2, 0.25) is 0 Å². The lowest BCUT2D eigenvalue weighted by Gasteiger charge is -2.11. The molecule has 0 aliphatic heterocycles. The van der Waals surface area contributed by atoms with Crippen LogP contribution in [0.4, 0.5) is 0 Å². The Hall–Kier alpha value is -0.380. The molecule has 1 aromatic heterocycles. The summed E-state index contributed by atoms with van der Waals surface area (Å²) in [6.07, 6.45) is 1.45. The normalized spacial score (nSPS) is 13.0. The predicted molar refractivity (Wildman–Crippen MR) is 66.5 cm³/mol. The van der Waals surface area contributed by atoms with Crippen molar-refractivity contribution in [1.82, 2.24) is 5.32 Å². The molecule has 0 aliphatic carbocycles. The van der Waals surface area contributed by atoms with Crippen molar-refractivity contribution in [2.75, 3.05) is 13.2 Å². The third-order valence-corrected chi connectivity index (χ3v) is 3.48. The molecular weight excluding hydrogens is 206 g/mol. The lowest BCUT2D eigenvalue weighted by atomic mass is 10.3. The van der Waals surface area contributed by atoms with Crippen LogP contribution in [0.1, 0.15) is 30.5 Å². The maximum Gasteiger partial charge on any atom is 0.0671 e. The average molecular weight is 227 g/mol. The SMILES string of the molecule is CCOC(C)CNCc1ccc(CC)s1. The fourth-order valence-corrected chi connectivity index (χ4v) is 2.38. The molecule has 15 heavy (non-hydrogen) atoms. The molecule has 0 amide bonds. The highest BCUT2D eigenvalue weighted by molar-refractivity contribution is 7.11. The van der Waals surface area contributed by atoms with Crippen LogP contribution in [0.3, 0.4) is 0 Å². The van der Waals surface area contributed by atoms with Crippen molar-refractivity contribution in [3.05, 3.63) is 21.9 Å². The average Bonchev–Trinajstić information content (AvgIpc) is 2.66. The van der Waals surface area contributed by atoms with E-state index in [1.807, 2.05) is 18.3 Å². The van der Waals surface area contributed by atoms with Crippen LogP contribution >= 0.6 is 11.3 Å². The summed E-state index contributed by atoms with van der Waals surface area (Å²) in [4.78, 5) is 2.88. The molecule has 0 fully saturated rings. The van der Waals surface area contributed by atoms with Crippen LogP contribution in [-0.4, -0.2) is 19.3 Å². The second-order valence-corrected chi connectivity index (χ2v) is 4.87. The molecule has 1 atom stereocenters. The van der Waals surface area contributed by atoms with Gasteiger partial charge in [-0.25, -0.2) is 0 Å². The zero-order valence-electron chi connectivity index (χ0n) is 9.88. The summed E-state index contributed by atoms with van der Waals surface area (Å²) in [5.74, 6) is 0. The van der Waals surface area contributed by atoms with Gasteiger partial charge in [0, 0.05) is 29.5 Å². The molecule has 0 spiro atoms. The first-order valence-corrected chi connectivity index (χ1v) is 6.47. The van der Waals surface area contributed by atoms with E-state index >= 15 is 0 Å². The predicted octanol–water partition coefficient (Wildman–Crippen LogP) is 2.83. The molecule has 3 heteroatoms. The van der Waals surface area contributed by atoms with Crippen molar-refractivity contribution in [3.63, 3.8) is 0 Å². The minimum atomic E-state index is 0.306. The lowest BCUT2D eigenvalue weighted by molar-refractivity contribution is 0.0760. The molecular formula is C12H21NOS. The zero-order valence-corrected chi connectivity index (χ0v) is 10.7. The van der Waals surface area contributed by atoms with E-state index < -0.39 is 0 Å². The zero-order chi connectivity index (χ0) is 11.1. The second-order valence-electron chi connectivity index (χ2n) is 3.62. The molecule has 1 aromatic rings. The quantitative estimate of drug-likeness (QED) is 0.773. The fraction of sp³-hybridized carbons (Fsp3) is 0.667. The molecule has 1 N–H and O–H groups in total. The van der Waals surface area contributed by atoms with E-state index in [4.69, 9.17) is 4.74 Å². The molecule has 1 unspecified atom stereocenters. The van der Waals surface area contributed by atoms with Crippen molar-refractivity contribution in [2.45, 2.75) is 39.8 Å². The number of rotatable bonds is 7. The monoisotopic (exact) mass is 227 g/mol. The summed E-state index contributed by atoms with van der Waals surface area (Å²) in [7, 11) is 0. The van der Waals surface area contributed by atoms with E-state index in [0.717, 1.165) is 26.1 Å². The molecule has 86 valence electrons. The van der Waals surface area contributed by atoms with Crippen molar-refractivity contribution < 1.29 is 4.74 Å². The van der Waals surface area contributed by atoms with Crippen molar-refractivity contribution in [3.8, 4) is 0 Å². The standard InChI is InChI=1S/C12H21NOS/c1-4-11-6-7-12(15-11)9-13-8-10(3)14-5-2/h6-7,10,13H,4-5,8-9H2,1-3H3. The smallest absolute Gasteiger partial charge is 0.0671 e. The number of aryl methyl sites for hydroxylation is 1. The van der Waals surface area contributed by atoms with Gasteiger partial charge in [-0.3, -0.25) is 0 Å². The molecule has 0 radical (unpaired) electrons. The molecule has 0 saturated heterocycles. The van der Waals surface area contributed by atoms with Crippen LogP contribution in [0.25, 0.3) is 0 Å². The Morgan fingerprint density at radius 3 is 2.67 bits per heavy atom. The first kappa shape index (κ1) is 12.7. The highest BCUT2D eigenvalue weighted by Crippen LogP contribution is 2.16. The molecule has 1 rings (SSSR count). The van der Waals surface area contributed by atoms with Gasteiger partial charge in [0.15, 0.2) is 0 Å². The van der Waals surface area contributed by atoms with E-state index in [-0.39, 0.29) is 0 Å². The summed E-state index contributed by atoms with van der Waals surface area (Å²) in [5.41, 5.74) is 0. The molecule has 0 aromatic carbocycles. The van der Waals surface area contributed by atoms with Gasteiger partial charge in [0.25, 0.3) is 0 Å². The summed E-state index contributed by atoms with van der Waals surface area (Å²) in [6, 6.07) is 4.43. The summed E-state index contributed by atoms with van der Waals surface area (Å²) in [5, 5.41) is 3.41. The van der Waals surface area contributed by atoms with Crippen molar-refractivity contribution in [1.29, 1.82) is 0 Å². The summed E-state index contributed by atoms with van der Waals surface area (Å²) >= 11 is 1.89. The van der Waals surface area contributed by atoms with Crippen molar-refractivity contribution >= 4 is 11.3 Å². The topological polar surface area (TPSA) is 21.3 Å². The Bertz CT molecular complexity index is 272. The van der Waals surface area contributed by atoms with E-state index in [0.29, 0.717) is 6.10 Å². The number of thiophene rings is 1. The van der Waals surface area contributed by atoms with Gasteiger partial charge in [0.1, 0.15) is 0 Å². The van der Waals surface area contributed by atoms with E-state index in [2.05, 4.69) is 31.3 Å². The van der Waals surface area contributed by atoms with E-state index in [9.17, 15) is 0 Å². The van der Waals surface area contributed by atoms with Gasteiger partial charge in [0.2, 0.25) is 0 Å². The Kier molecular flexibility index (Phi) is 5.91. The first-order chi connectivity index (χ1) is 7.26. The molecule has 0 bridgehead atoms. The minimum absolute atomic E-state index is 0.306. The number of nitrogens with one attached hydrogen (secondary N) is 1. The Morgan fingerprint density at radius 2 is 2.07 bits per heavy atom. The van der Waals surface area contributed by atoms with Gasteiger partial charge in [-0.1, -0.05) is 6.92 Å². The minimum Gasteiger partial charge on any atom is -0.377 e. The maximum atomic E-state index is 5.45. The number of hydrogen-bond acceptors (Lipinski definition) is 3. The van der Waals surface area contributed by atoms with Gasteiger partial charge in [0.05, 0.1) is 6.10 Å². The van der Waals surface area contributed by atoms with E-state index in [1.165, 1.54) is 9.75 Å². The highest BCUT2D eigenvalue weighted by atomic mass is 32.1. The molecule has 1 heterocycles. The van der Waals surface area contributed by atoms with Crippen LogP contribution in [0, 0.1) is 0 Å². The molecule has 2 nitrogen and oxygen atoms in total. The van der Waals surface area contributed by atoms with Crippen LogP contribution in [0.15, 0.2) is 12.1 Å². The number of ether oxygens (including phenoxy) is 1.